The Balaban J connectivity index is 2.59. The summed E-state index contributed by atoms with van der Waals surface area (Å²) in [6.45, 7) is -1.94. The lowest BCUT2D eigenvalue weighted by atomic mass is 9.80. The quantitative estimate of drug-likeness (QED) is 0.467. The zero-order valence-corrected chi connectivity index (χ0v) is 3.70. The summed E-state index contributed by atoms with van der Waals surface area (Å²) in [6, 6.07) is 0. The normalized spacial score (nSPS) is 38.5. The standard InChI is InChI=1S/C5H11N/c1-5(6)3-2-4-5/h2-4,6H2,1H3/i1D3. The van der Waals surface area contributed by atoms with Gasteiger partial charge < -0.3 is 5.73 Å². The van der Waals surface area contributed by atoms with Crippen molar-refractivity contribution in [2.75, 3.05) is 0 Å². The van der Waals surface area contributed by atoms with Crippen molar-refractivity contribution in [1.82, 2.24) is 0 Å². The van der Waals surface area contributed by atoms with E-state index < -0.39 is 12.4 Å². The Bertz CT molecular complexity index is 114. The zero-order chi connectivity index (χ0) is 7.12. The third-order valence-corrected chi connectivity index (χ3v) is 1.25. The van der Waals surface area contributed by atoms with Gasteiger partial charge in [0.05, 0.1) is 0 Å². The van der Waals surface area contributed by atoms with E-state index in [1.54, 1.807) is 0 Å². The summed E-state index contributed by atoms with van der Waals surface area (Å²) in [5.41, 5.74) is 4.68. The molecule has 1 heteroatoms. The van der Waals surface area contributed by atoms with E-state index in [4.69, 9.17) is 9.85 Å². The lowest BCUT2D eigenvalue weighted by Crippen LogP contribution is -2.42. The molecule has 1 nitrogen and oxygen atoms in total. The highest BCUT2D eigenvalue weighted by Crippen LogP contribution is 2.27. The van der Waals surface area contributed by atoms with Crippen molar-refractivity contribution in [2.24, 2.45) is 5.73 Å². The van der Waals surface area contributed by atoms with Gasteiger partial charge in [-0.15, -0.1) is 0 Å². The van der Waals surface area contributed by atoms with Crippen LogP contribution in [0.5, 0.6) is 0 Å². The third kappa shape index (κ3) is 0.548. The van der Waals surface area contributed by atoms with Crippen molar-refractivity contribution in [3.8, 4) is 0 Å². The fourth-order valence-electron chi connectivity index (χ4n) is 0.558. The molecule has 1 fully saturated rings. The van der Waals surface area contributed by atoms with Crippen molar-refractivity contribution >= 4 is 0 Å². The van der Waals surface area contributed by atoms with Crippen LogP contribution in [-0.4, -0.2) is 5.54 Å². The van der Waals surface area contributed by atoms with Crippen molar-refractivity contribution in [3.63, 3.8) is 0 Å². The first-order valence-electron chi connectivity index (χ1n) is 3.75. The zero-order valence-electron chi connectivity index (χ0n) is 6.70. The molecular weight excluding hydrogens is 74.1 g/mol. The molecule has 0 aromatic carbocycles. The second kappa shape index (κ2) is 0.969. The molecule has 0 unspecified atom stereocenters. The average Bonchev–Trinajstić information content (AvgIpc) is 1.57. The van der Waals surface area contributed by atoms with Crippen LogP contribution < -0.4 is 5.73 Å². The molecule has 6 heavy (non-hydrogen) atoms. The van der Waals surface area contributed by atoms with E-state index in [0.29, 0.717) is 12.8 Å². The minimum atomic E-state index is -1.94. The predicted molar refractivity (Wildman–Crippen MR) is 26.4 cm³/mol. The Kier molecular flexibility index (Phi) is 0.295. The minimum Gasteiger partial charge on any atom is -0.325 e. The molecule has 0 saturated heterocycles. The van der Waals surface area contributed by atoms with E-state index in [-0.39, 0.29) is 0 Å². The van der Waals surface area contributed by atoms with Crippen molar-refractivity contribution in [2.45, 2.75) is 31.7 Å². The van der Waals surface area contributed by atoms with Crippen LogP contribution in [0.15, 0.2) is 0 Å². The molecule has 1 aliphatic carbocycles. The van der Waals surface area contributed by atoms with Crippen LogP contribution in [0.3, 0.4) is 0 Å². The SMILES string of the molecule is [2H]C([2H])([2H])C1(N)CCC1. The maximum Gasteiger partial charge on any atom is 0.0249 e. The van der Waals surface area contributed by atoms with Crippen LogP contribution >= 0.6 is 0 Å². The van der Waals surface area contributed by atoms with Crippen molar-refractivity contribution < 1.29 is 4.11 Å². The van der Waals surface area contributed by atoms with Crippen LogP contribution in [0.4, 0.5) is 0 Å². The predicted octanol–water partition coefficient (Wildman–Crippen LogP) is 0.888. The van der Waals surface area contributed by atoms with Crippen molar-refractivity contribution in [3.05, 3.63) is 0 Å². The van der Waals surface area contributed by atoms with Gasteiger partial charge in [-0.25, -0.2) is 0 Å². The molecule has 0 radical (unpaired) electrons. The summed E-state index contributed by atoms with van der Waals surface area (Å²) < 4.78 is 21.0. The molecule has 0 atom stereocenters. The molecule has 1 aliphatic rings. The molecule has 0 bridgehead atoms. The first kappa shape index (κ1) is 1.83. The molecule has 1 rings (SSSR count). The number of hydrogen-bond acceptors (Lipinski definition) is 1. The number of nitrogens with two attached hydrogens (primary N) is 1. The highest BCUT2D eigenvalue weighted by Gasteiger charge is 2.25. The summed E-state index contributed by atoms with van der Waals surface area (Å²) in [7, 11) is 0. The highest BCUT2D eigenvalue weighted by atomic mass is 14.7. The molecule has 0 aliphatic heterocycles. The summed E-state index contributed by atoms with van der Waals surface area (Å²) >= 11 is 0. The van der Waals surface area contributed by atoms with Gasteiger partial charge in [0.25, 0.3) is 0 Å². The van der Waals surface area contributed by atoms with Gasteiger partial charge in [-0.3, -0.25) is 0 Å². The Morgan fingerprint density at radius 2 is 2.50 bits per heavy atom. The van der Waals surface area contributed by atoms with Gasteiger partial charge in [0.1, 0.15) is 0 Å². The van der Waals surface area contributed by atoms with Crippen molar-refractivity contribution in [1.29, 1.82) is 0 Å². The van der Waals surface area contributed by atoms with Gasteiger partial charge in [0, 0.05) is 9.65 Å². The summed E-state index contributed by atoms with van der Waals surface area (Å²) in [4.78, 5) is 0. The third-order valence-electron chi connectivity index (χ3n) is 1.25. The Labute approximate surface area is 42.7 Å². The second-order valence-corrected chi connectivity index (χ2v) is 2.01. The van der Waals surface area contributed by atoms with Crippen LogP contribution in [0.25, 0.3) is 0 Å². The molecule has 2 N–H and O–H groups in total. The average molecular weight is 88.2 g/mol. The number of rotatable bonds is 0. The van der Waals surface area contributed by atoms with Crippen LogP contribution in [0.1, 0.15) is 30.2 Å². The van der Waals surface area contributed by atoms with E-state index in [1.807, 2.05) is 0 Å². The smallest absolute Gasteiger partial charge is 0.0249 e. The first-order valence-corrected chi connectivity index (χ1v) is 2.25. The van der Waals surface area contributed by atoms with Crippen LogP contribution in [0.2, 0.25) is 0 Å². The van der Waals surface area contributed by atoms with Gasteiger partial charge in [-0.2, -0.15) is 0 Å². The van der Waals surface area contributed by atoms with Crippen LogP contribution in [0, 0.1) is 0 Å². The summed E-state index contributed by atoms with van der Waals surface area (Å²) in [5, 5.41) is 0. The molecule has 0 aromatic heterocycles. The van der Waals surface area contributed by atoms with Gasteiger partial charge in [-0.05, 0) is 26.1 Å². The fraction of sp³-hybridized carbons (Fsp3) is 1.00. The molecule has 0 aromatic rings. The topological polar surface area (TPSA) is 26.0 Å². The summed E-state index contributed by atoms with van der Waals surface area (Å²) in [5.74, 6) is 0. The molecule has 0 heterocycles. The monoisotopic (exact) mass is 88.1 g/mol. The Morgan fingerprint density at radius 1 is 1.83 bits per heavy atom. The summed E-state index contributed by atoms with van der Waals surface area (Å²) in [6.07, 6.45) is 2.28. The van der Waals surface area contributed by atoms with Gasteiger partial charge >= 0.3 is 0 Å². The fourth-order valence-corrected chi connectivity index (χ4v) is 0.558. The van der Waals surface area contributed by atoms with E-state index >= 15 is 0 Å². The maximum absolute atomic E-state index is 6.99. The maximum atomic E-state index is 6.99. The van der Waals surface area contributed by atoms with E-state index in [9.17, 15) is 0 Å². The highest BCUT2D eigenvalue weighted by molar-refractivity contribution is 4.86. The van der Waals surface area contributed by atoms with Gasteiger partial charge in [0.15, 0.2) is 0 Å². The lowest BCUT2D eigenvalue weighted by molar-refractivity contribution is 0.277. The number of hydrogen-bond donors (Lipinski definition) is 1. The Hall–Kier alpha value is -0.0400. The molecule has 36 valence electrons. The molecule has 0 amide bonds. The largest absolute Gasteiger partial charge is 0.325 e. The minimum absolute atomic E-state index is 0.656. The molecule has 0 spiro atoms. The van der Waals surface area contributed by atoms with E-state index in [2.05, 4.69) is 0 Å². The van der Waals surface area contributed by atoms with Gasteiger partial charge in [0.2, 0.25) is 0 Å². The first-order chi connectivity index (χ1) is 3.96. The lowest BCUT2D eigenvalue weighted by Gasteiger charge is -2.33. The Morgan fingerprint density at radius 3 is 2.50 bits per heavy atom. The van der Waals surface area contributed by atoms with Crippen LogP contribution in [-0.2, 0) is 0 Å². The van der Waals surface area contributed by atoms with E-state index in [1.165, 1.54) is 0 Å². The molecular formula is C5H11N. The van der Waals surface area contributed by atoms with Gasteiger partial charge in [-0.1, -0.05) is 0 Å². The second-order valence-electron chi connectivity index (χ2n) is 2.01. The van der Waals surface area contributed by atoms with E-state index in [0.717, 1.165) is 6.42 Å². The molecule has 1 saturated carbocycles.